The minimum atomic E-state index is 0. The first-order valence-corrected chi connectivity index (χ1v) is 11.3. The molecule has 0 saturated carbocycles. The van der Waals surface area contributed by atoms with Gasteiger partial charge in [-0.2, -0.15) is 0 Å². The molecule has 0 bridgehead atoms. The summed E-state index contributed by atoms with van der Waals surface area (Å²) in [6.07, 6.45) is 19.2. The van der Waals surface area contributed by atoms with Gasteiger partial charge in [0.1, 0.15) is 23.6 Å². The van der Waals surface area contributed by atoms with Gasteiger partial charge in [0.25, 0.3) is 0 Å². The number of aldehydes is 1. The van der Waals surface area contributed by atoms with Crippen molar-refractivity contribution in [2.45, 2.75) is 86.5 Å². The van der Waals surface area contributed by atoms with Crippen LogP contribution in [0.1, 0.15) is 95.3 Å². The topological polar surface area (TPSA) is 68.3 Å². The van der Waals surface area contributed by atoms with Gasteiger partial charge in [0.15, 0.2) is 0 Å². The van der Waals surface area contributed by atoms with Crippen molar-refractivity contribution in [3.05, 3.63) is 43.9 Å². The molecule has 0 saturated heterocycles. The molecule has 0 aliphatic carbocycles. The second kappa shape index (κ2) is 54.5. The molecule has 0 aromatic heterocycles. The first-order chi connectivity index (χ1) is 15.7. The van der Waals surface area contributed by atoms with E-state index in [1.165, 1.54) is 6.08 Å². The first kappa shape index (κ1) is 47.8. The van der Waals surface area contributed by atoms with Crippen molar-refractivity contribution < 1.29 is 126 Å². The SMILES string of the molecule is C/C=C/C=C\CCC(C)=O.C/C=C/C=O.CC(=O)CCC[PH3+].CCCCC(C)=O.[2HH].[2HH].[2H][2H].[2H][2H].[CH3-].[Y].[Y].[Y]. The number of allylic oxidation sites excluding steroid dienone is 6. The van der Waals surface area contributed by atoms with E-state index in [2.05, 4.69) is 6.92 Å². The van der Waals surface area contributed by atoms with E-state index in [-0.39, 0.29) is 114 Å². The van der Waals surface area contributed by atoms with Crippen LogP contribution >= 0.6 is 9.24 Å². The van der Waals surface area contributed by atoms with E-state index in [4.69, 9.17) is 5.94 Å². The van der Waals surface area contributed by atoms with Gasteiger partial charge in [-0.25, -0.2) is 0 Å². The van der Waals surface area contributed by atoms with Crippen LogP contribution in [0.25, 0.3) is 0 Å². The Balaban J connectivity index is -0.0000000231. The van der Waals surface area contributed by atoms with Gasteiger partial charge in [0.2, 0.25) is 0 Å². The van der Waals surface area contributed by atoms with E-state index in [1.54, 1.807) is 33.8 Å². The number of unbranched alkanes of at least 4 members (excludes halogenated alkanes) is 1. The molecule has 0 N–H and O–H groups in total. The number of hydrogen-bond acceptors (Lipinski definition) is 4. The third kappa shape index (κ3) is 96.9. The zero-order valence-corrected chi connectivity index (χ0v) is 32.2. The van der Waals surface area contributed by atoms with Crippen molar-refractivity contribution in [1.82, 2.24) is 0 Å². The third-order valence-corrected chi connectivity index (χ3v) is 3.53. The van der Waals surface area contributed by atoms with Crippen molar-refractivity contribution in [2.24, 2.45) is 0 Å². The van der Waals surface area contributed by atoms with Crippen LogP contribution in [0.4, 0.5) is 0 Å². The van der Waals surface area contributed by atoms with Crippen LogP contribution in [-0.4, -0.2) is 29.8 Å². The van der Waals surface area contributed by atoms with Crippen molar-refractivity contribution in [2.75, 3.05) is 6.16 Å². The van der Waals surface area contributed by atoms with Crippen LogP contribution in [0.15, 0.2) is 36.5 Å². The van der Waals surface area contributed by atoms with Gasteiger partial charge >= 0.3 is 0 Å². The van der Waals surface area contributed by atoms with Crippen LogP contribution in [0.5, 0.6) is 0 Å². The van der Waals surface area contributed by atoms with Crippen molar-refractivity contribution in [1.29, 1.82) is 0 Å². The summed E-state index contributed by atoms with van der Waals surface area (Å²) in [5.74, 6) is 0.874. The third-order valence-electron chi connectivity index (χ3n) is 3.03. The summed E-state index contributed by atoms with van der Waals surface area (Å²) in [5, 5.41) is 0. The Morgan fingerprint density at radius 2 is 1.21 bits per heavy atom. The summed E-state index contributed by atoms with van der Waals surface area (Å²) < 4.78 is 20.0. The number of rotatable bonds is 11. The summed E-state index contributed by atoms with van der Waals surface area (Å²) in [5.41, 5.74) is 0. The molecular formula is C25H55O4PY3. The molecule has 33 heavy (non-hydrogen) atoms. The summed E-state index contributed by atoms with van der Waals surface area (Å²) in [6.45, 7) is 10.7. The number of hydrogen-bond donors (Lipinski definition) is 0. The maximum Gasteiger partial charge on any atom is 0.142 e. The Labute approximate surface area is 292 Å². The first-order valence-electron chi connectivity index (χ1n) is 12.3. The maximum absolute atomic E-state index is 10.4. The molecule has 1 unspecified atom stereocenters. The number of carbonyl (C=O) groups excluding carboxylic acids is 4. The fraction of sp³-hybridized carbons (Fsp3) is 0.560. The van der Waals surface area contributed by atoms with Gasteiger partial charge in [-0.15, -0.1) is 0 Å². The second-order valence-electron chi connectivity index (χ2n) is 6.32. The standard InChI is InChI=1S/C9H14O.C6H12O.C5H11OP.C4H6O.CH3.3Y.4H2/c1-3-4-5-6-7-8-9(2)10;1-3-4-5-6(2)7;1-5(6)3-2-4-7;1-2-3-4-5;;;;;;;;/h3-6H,7-8H2,1-2H3;3-5H2,1-2H3;2-4,7H2,1H3;2-4H,1H3;1H3;;;;4*1H/q;;;;-1;;;;;;;/p+1/b4-3+,6-5-;;;3-2+;;;;;;;;/i;;;;;;;;2*1+1D;2*1+1. The van der Waals surface area contributed by atoms with E-state index in [0.717, 1.165) is 51.0 Å². The van der Waals surface area contributed by atoms with Gasteiger partial charge in [0, 0.05) is 126 Å². The van der Waals surface area contributed by atoms with E-state index >= 15 is 0 Å². The Bertz CT molecular complexity index is 498. The van der Waals surface area contributed by atoms with Crippen molar-refractivity contribution in [3.63, 3.8) is 0 Å². The Kier molecular flexibility index (Phi) is 79.0. The molecule has 0 aromatic rings. The van der Waals surface area contributed by atoms with E-state index in [9.17, 15) is 19.2 Å². The average molecular weight is 723 g/mol. The molecule has 0 heterocycles. The maximum atomic E-state index is 10.4. The molecule has 0 spiro atoms. The Morgan fingerprint density at radius 1 is 0.788 bits per heavy atom. The van der Waals surface area contributed by atoms with Crippen LogP contribution < -0.4 is 0 Å². The molecule has 0 aromatic carbocycles. The molecule has 1 atom stereocenters. The van der Waals surface area contributed by atoms with Crippen molar-refractivity contribution in [3.8, 4) is 0 Å². The predicted octanol–water partition coefficient (Wildman–Crippen LogP) is 7.40. The number of carbonyl (C=O) groups is 4. The molecule has 193 valence electrons. The van der Waals surface area contributed by atoms with E-state index in [0.29, 0.717) is 18.0 Å². The van der Waals surface area contributed by atoms with E-state index < -0.39 is 0 Å². The van der Waals surface area contributed by atoms with Gasteiger partial charge in [0.05, 0.1) is 6.16 Å². The average Bonchev–Trinajstić information content (AvgIpc) is 2.80. The smallest absolute Gasteiger partial charge is 0.142 e. The quantitative estimate of drug-likeness (QED) is 0.0733. The summed E-state index contributed by atoms with van der Waals surface area (Å²) in [7, 11) is 1.92. The number of ketones is 3. The number of Topliss-reactive ketones (excluding diaryl/α,β-unsaturated/α-hetero) is 3. The Hall–Kier alpha value is 1.64. The molecule has 4 nitrogen and oxygen atoms in total. The molecule has 0 fully saturated rings. The molecule has 8 heteroatoms. The van der Waals surface area contributed by atoms with Crippen LogP contribution in [0.2, 0.25) is 0 Å². The minimum Gasteiger partial charge on any atom is -0.358 e. The fourth-order valence-electron chi connectivity index (χ4n) is 1.45. The largest absolute Gasteiger partial charge is 0.358 e. The van der Waals surface area contributed by atoms with Gasteiger partial charge in [-0.05, 0) is 69.2 Å². The summed E-state index contributed by atoms with van der Waals surface area (Å²) in [4.78, 5) is 40.2. The molecule has 0 amide bonds. The van der Waals surface area contributed by atoms with Crippen LogP contribution in [-0.2, 0) is 117 Å². The molecule has 3 radical (unpaired) electrons. The fourth-order valence-corrected chi connectivity index (χ4v) is 1.70. The molecule has 0 aliphatic rings. The summed E-state index contributed by atoms with van der Waals surface area (Å²) >= 11 is 0. The monoisotopic (exact) mass is 723 g/mol. The van der Waals surface area contributed by atoms with E-state index in [1.807, 2.05) is 40.5 Å². The van der Waals surface area contributed by atoms with Crippen LogP contribution in [0.3, 0.4) is 0 Å². The van der Waals surface area contributed by atoms with Crippen LogP contribution in [0, 0.1) is 7.43 Å². The van der Waals surface area contributed by atoms with Crippen molar-refractivity contribution >= 4 is 32.9 Å². The molecule has 0 rings (SSSR count). The zero-order chi connectivity index (χ0) is 27.3. The van der Waals surface area contributed by atoms with Gasteiger partial charge in [-0.3, -0.25) is 4.79 Å². The van der Waals surface area contributed by atoms with Gasteiger partial charge in [-0.1, -0.05) is 43.7 Å². The second-order valence-corrected chi connectivity index (χ2v) is 7.03. The predicted molar refractivity (Wildman–Crippen MR) is 146 cm³/mol. The van der Waals surface area contributed by atoms with Gasteiger partial charge < -0.3 is 21.8 Å². The normalized spacial score (nSPS) is 9.15. The summed E-state index contributed by atoms with van der Waals surface area (Å²) in [6, 6.07) is 0. The Morgan fingerprint density at radius 3 is 1.42 bits per heavy atom. The molecule has 0 aliphatic heterocycles. The zero-order valence-electron chi connectivity index (χ0n) is 26.3. The minimum absolute atomic E-state index is 0. The molecular weight excluding hydrogens is 662 g/mol.